The average Bonchev–Trinajstić information content (AvgIpc) is 2.79. The van der Waals surface area contributed by atoms with Crippen LogP contribution in [0.15, 0.2) is 29.4 Å². The van der Waals surface area contributed by atoms with Gasteiger partial charge >= 0.3 is 6.09 Å². The number of hydrogen-bond acceptors (Lipinski definition) is 9. The summed E-state index contributed by atoms with van der Waals surface area (Å²) in [6.45, 7) is 9.72. The summed E-state index contributed by atoms with van der Waals surface area (Å²) in [6, 6.07) is 3.24. The summed E-state index contributed by atoms with van der Waals surface area (Å²) in [4.78, 5) is 22.0. The van der Waals surface area contributed by atoms with Crippen LogP contribution in [-0.4, -0.2) is 72.6 Å². The normalized spacial score (nSPS) is 25.6. The van der Waals surface area contributed by atoms with Crippen molar-refractivity contribution in [1.82, 2.24) is 14.9 Å². The molecule has 4 atom stereocenters. The molecule has 1 N–H and O–H groups in total. The highest BCUT2D eigenvalue weighted by Gasteiger charge is 2.50. The van der Waals surface area contributed by atoms with Gasteiger partial charge in [-0.25, -0.2) is 22.6 Å². The number of piperidine rings is 1. The number of rotatable bonds is 5. The lowest BCUT2D eigenvalue weighted by molar-refractivity contribution is -0.182. The number of carbonyl (C=O) groups is 1. The molecular formula is C25H32F2N4O6S. The second-order valence-electron chi connectivity index (χ2n) is 10.7. The van der Waals surface area contributed by atoms with Gasteiger partial charge in [-0.1, -0.05) is 0 Å². The van der Waals surface area contributed by atoms with Crippen LogP contribution in [0.5, 0.6) is 5.88 Å². The van der Waals surface area contributed by atoms with Crippen molar-refractivity contribution < 1.29 is 36.2 Å². The summed E-state index contributed by atoms with van der Waals surface area (Å²) < 4.78 is 71.0. The Bertz CT molecular complexity index is 1300. The lowest BCUT2D eigenvalue weighted by Crippen LogP contribution is -2.63. The molecule has 2 fully saturated rings. The molecule has 4 rings (SSSR count). The molecule has 10 nitrogen and oxygen atoms in total. The van der Waals surface area contributed by atoms with Crippen LogP contribution in [0.2, 0.25) is 0 Å². The van der Waals surface area contributed by atoms with Gasteiger partial charge in [-0.15, -0.1) is 0 Å². The molecule has 1 aromatic carbocycles. The van der Waals surface area contributed by atoms with Crippen LogP contribution in [0.4, 0.5) is 25.1 Å². The Morgan fingerprint density at radius 2 is 1.76 bits per heavy atom. The van der Waals surface area contributed by atoms with Crippen LogP contribution in [0.25, 0.3) is 0 Å². The maximum absolute atomic E-state index is 15.4. The van der Waals surface area contributed by atoms with Crippen molar-refractivity contribution in [3.8, 4) is 5.88 Å². The van der Waals surface area contributed by atoms with Gasteiger partial charge in [0.15, 0.2) is 15.7 Å². The third kappa shape index (κ3) is 5.98. The molecule has 0 aliphatic carbocycles. The number of hydrogen-bond donors (Lipinski definition) is 1. The third-order valence-corrected chi connectivity index (χ3v) is 7.73. The van der Waals surface area contributed by atoms with Gasteiger partial charge in [-0.2, -0.15) is 9.37 Å². The smallest absolute Gasteiger partial charge is 0.410 e. The highest BCUT2D eigenvalue weighted by molar-refractivity contribution is 7.90. The van der Waals surface area contributed by atoms with E-state index >= 15 is 4.39 Å². The summed E-state index contributed by atoms with van der Waals surface area (Å²) in [5, 5.41) is 2.54. The van der Waals surface area contributed by atoms with Crippen LogP contribution in [-0.2, 0) is 19.3 Å². The number of amides is 1. The van der Waals surface area contributed by atoms with Crippen molar-refractivity contribution in [3.63, 3.8) is 0 Å². The number of benzene rings is 1. The van der Waals surface area contributed by atoms with Gasteiger partial charge in [0, 0.05) is 31.2 Å². The molecule has 0 radical (unpaired) electrons. The van der Waals surface area contributed by atoms with Gasteiger partial charge in [-0.05, 0) is 52.8 Å². The SMILES string of the molecule is CC1OC(C)C2CN(C(=O)OC(C)(C)C)CC1C2Oc1ncnc(Nc2ccc(S(C)(=O)=O)cc2F)c1F. The topological polar surface area (TPSA) is 120 Å². The van der Waals surface area contributed by atoms with Crippen LogP contribution < -0.4 is 10.1 Å². The summed E-state index contributed by atoms with van der Waals surface area (Å²) in [5.41, 5.74) is -0.815. The molecule has 4 unspecified atom stereocenters. The predicted octanol–water partition coefficient (Wildman–Crippen LogP) is 3.94. The maximum atomic E-state index is 15.4. The number of aromatic nitrogens is 2. The van der Waals surface area contributed by atoms with Gasteiger partial charge in [-0.3, -0.25) is 0 Å². The molecule has 2 aliphatic heterocycles. The van der Waals surface area contributed by atoms with Crippen molar-refractivity contribution >= 4 is 27.4 Å². The number of carbonyl (C=O) groups excluding carboxylic acids is 1. The van der Waals surface area contributed by atoms with Crippen molar-refractivity contribution in [3.05, 3.63) is 36.2 Å². The minimum Gasteiger partial charge on any atom is -0.471 e. The fourth-order valence-electron chi connectivity index (χ4n) is 4.74. The van der Waals surface area contributed by atoms with E-state index in [9.17, 15) is 17.6 Å². The molecule has 1 aromatic heterocycles. The second-order valence-corrected chi connectivity index (χ2v) is 12.7. The molecule has 13 heteroatoms. The first-order chi connectivity index (χ1) is 17.6. The zero-order valence-electron chi connectivity index (χ0n) is 22.1. The van der Waals surface area contributed by atoms with Crippen LogP contribution >= 0.6 is 0 Å². The molecule has 3 heterocycles. The molecule has 0 saturated carbocycles. The first kappa shape index (κ1) is 28.0. The molecule has 1 amide bonds. The van der Waals surface area contributed by atoms with Crippen molar-refractivity contribution in [2.45, 2.75) is 63.4 Å². The summed E-state index contributed by atoms with van der Waals surface area (Å²) >= 11 is 0. The summed E-state index contributed by atoms with van der Waals surface area (Å²) in [6.07, 6.45) is 0.510. The average molecular weight is 555 g/mol. The fraction of sp³-hybridized carbons (Fsp3) is 0.560. The van der Waals surface area contributed by atoms with Crippen molar-refractivity contribution in [1.29, 1.82) is 0 Å². The van der Waals surface area contributed by atoms with E-state index in [0.717, 1.165) is 18.6 Å². The van der Waals surface area contributed by atoms with E-state index in [-0.39, 0.29) is 46.3 Å². The van der Waals surface area contributed by atoms with Gasteiger partial charge in [0.2, 0.25) is 5.82 Å². The van der Waals surface area contributed by atoms with E-state index in [0.29, 0.717) is 13.1 Å². The largest absolute Gasteiger partial charge is 0.471 e. The summed E-state index contributed by atoms with van der Waals surface area (Å²) in [5.74, 6) is -3.07. The van der Waals surface area contributed by atoms with Crippen LogP contribution in [0.1, 0.15) is 34.6 Å². The Morgan fingerprint density at radius 1 is 1.13 bits per heavy atom. The first-order valence-electron chi connectivity index (χ1n) is 12.2. The fourth-order valence-corrected chi connectivity index (χ4v) is 5.37. The molecule has 0 spiro atoms. The molecule has 2 saturated heterocycles. The van der Waals surface area contributed by atoms with Gasteiger partial charge < -0.3 is 24.4 Å². The van der Waals surface area contributed by atoms with E-state index in [1.54, 1.807) is 25.7 Å². The Morgan fingerprint density at radius 3 is 2.32 bits per heavy atom. The quantitative estimate of drug-likeness (QED) is 0.586. The number of likely N-dealkylation sites (tertiary alicyclic amines) is 1. The van der Waals surface area contributed by atoms with E-state index in [4.69, 9.17) is 14.2 Å². The molecule has 38 heavy (non-hydrogen) atoms. The highest BCUT2D eigenvalue weighted by atomic mass is 32.2. The number of ether oxygens (including phenoxy) is 3. The lowest BCUT2D eigenvalue weighted by Gasteiger charge is -2.51. The van der Waals surface area contributed by atoms with E-state index in [1.807, 2.05) is 13.8 Å². The van der Waals surface area contributed by atoms with E-state index < -0.39 is 39.3 Å². The first-order valence-corrected chi connectivity index (χ1v) is 14.1. The van der Waals surface area contributed by atoms with E-state index in [1.165, 1.54) is 12.1 Å². The minimum atomic E-state index is -3.61. The number of nitrogens with one attached hydrogen (secondary N) is 1. The standard InChI is InChI=1S/C25H32F2N4O6S/c1-13-16-10-31(24(32)37-25(3,4)5)11-17(14(2)35-13)21(16)36-23-20(27)22(28-12-29-23)30-19-8-7-15(9-18(19)26)38(6,33)34/h7-9,12-14,16-17,21H,10-11H2,1-6H3,(H,28,29,30). The second kappa shape index (κ2) is 10.3. The minimum absolute atomic E-state index is 0.167. The monoisotopic (exact) mass is 554 g/mol. The Hall–Kier alpha value is -3.06. The maximum Gasteiger partial charge on any atom is 0.410 e. The molecule has 208 valence electrons. The van der Waals surface area contributed by atoms with E-state index in [2.05, 4.69) is 15.3 Å². The van der Waals surface area contributed by atoms with Gasteiger partial charge in [0.1, 0.15) is 23.8 Å². The zero-order chi connectivity index (χ0) is 28.0. The lowest BCUT2D eigenvalue weighted by atomic mass is 9.77. The Labute approximate surface area is 220 Å². The summed E-state index contributed by atoms with van der Waals surface area (Å²) in [7, 11) is -3.61. The molecule has 2 aromatic rings. The highest BCUT2D eigenvalue weighted by Crippen LogP contribution is 2.39. The zero-order valence-corrected chi connectivity index (χ0v) is 22.9. The molecule has 2 aliphatic rings. The van der Waals surface area contributed by atoms with Crippen molar-refractivity contribution in [2.75, 3.05) is 24.7 Å². The number of nitrogens with zero attached hydrogens (tertiary/aromatic N) is 3. The van der Waals surface area contributed by atoms with Crippen LogP contribution in [0, 0.1) is 23.5 Å². The number of halogens is 2. The van der Waals surface area contributed by atoms with Gasteiger partial charge in [0.25, 0.3) is 5.88 Å². The number of sulfone groups is 1. The van der Waals surface area contributed by atoms with Gasteiger partial charge in [0.05, 0.1) is 22.8 Å². The Kier molecular flexibility index (Phi) is 7.54. The third-order valence-electron chi connectivity index (χ3n) is 6.62. The molecular weight excluding hydrogens is 522 g/mol. The van der Waals surface area contributed by atoms with Crippen LogP contribution in [0.3, 0.4) is 0 Å². The Balaban J connectivity index is 1.56. The molecule has 2 bridgehead atoms. The number of anilines is 2. The van der Waals surface area contributed by atoms with Crippen molar-refractivity contribution in [2.24, 2.45) is 11.8 Å². The predicted molar refractivity (Wildman–Crippen MR) is 134 cm³/mol. The number of fused-ring (bicyclic) bond motifs is 2.